The van der Waals surface area contributed by atoms with Gasteiger partial charge in [0.25, 0.3) is 0 Å². The molecular weight excluding hydrogens is 440 g/mol. The average Bonchev–Trinajstić information content (AvgIpc) is 2.79. The van der Waals surface area contributed by atoms with E-state index in [9.17, 15) is 35.4 Å². The van der Waals surface area contributed by atoms with Gasteiger partial charge in [0, 0.05) is 12.1 Å². The maximum Gasteiger partial charge on any atom is 0.229 e. The Bertz CT molecular complexity index is 1220. The van der Waals surface area contributed by atoms with Gasteiger partial charge >= 0.3 is 0 Å². The molecule has 176 valence electrons. The van der Waals surface area contributed by atoms with Crippen LogP contribution in [-0.4, -0.2) is 75.1 Å². The second kappa shape index (κ2) is 8.89. The van der Waals surface area contributed by atoms with Gasteiger partial charge in [-0.2, -0.15) is 0 Å². The van der Waals surface area contributed by atoms with Gasteiger partial charge in [-0.1, -0.05) is 12.1 Å². The molecular formula is C22H22O11. The fourth-order valence-electron chi connectivity index (χ4n) is 3.67. The SMILES string of the molecule is COc1c(O)cc(O)c2c(=O)cc(-c3ccccc3O[C@@H]3O[C@H](CO)[C@@H](O)[C@H](O)[C@H]3O)oc12. The van der Waals surface area contributed by atoms with Crippen LogP contribution >= 0.6 is 0 Å². The van der Waals surface area contributed by atoms with E-state index in [2.05, 4.69) is 0 Å². The number of aliphatic hydroxyl groups is 4. The van der Waals surface area contributed by atoms with E-state index >= 15 is 0 Å². The molecule has 2 heterocycles. The fourth-order valence-corrected chi connectivity index (χ4v) is 3.67. The van der Waals surface area contributed by atoms with Gasteiger partial charge in [0.2, 0.25) is 12.0 Å². The number of benzene rings is 2. The molecule has 11 nitrogen and oxygen atoms in total. The molecule has 1 fully saturated rings. The molecule has 4 rings (SSSR count). The number of para-hydroxylation sites is 1. The Morgan fingerprint density at radius 2 is 1.73 bits per heavy atom. The van der Waals surface area contributed by atoms with Crippen LogP contribution in [0, 0.1) is 0 Å². The number of fused-ring (bicyclic) bond motifs is 1. The van der Waals surface area contributed by atoms with Crippen LogP contribution in [0.3, 0.4) is 0 Å². The van der Waals surface area contributed by atoms with E-state index in [1.807, 2.05) is 0 Å². The number of hydrogen-bond acceptors (Lipinski definition) is 11. The lowest BCUT2D eigenvalue weighted by molar-refractivity contribution is -0.277. The van der Waals surface area contributed by atoms with Crippen LogP contribution in [0.1, 0.15) is 0 Å². The van der Waals surface area contributed by atoms with Gasteiger partial charge in [0.05, 0.1) is 19.3 Å². The molecule has 0 aliphatic carbocycles. The predicted molar refractivity (Wildman–Crippen MR) is 112 cm³/mol. The van der Waals surface area contributed by atoms with E-state index in [0.717, 1.165) is 12.1 Å². The Kier molecular flexibility index (Phi) is 6.15. The van der Waals surface area contributed by atoms with Crippen molar-refractivity contribution in [1.29, 1.82) is 0 Å². The summed E-state index contributed by atoms with van der Waals surface area (Å²) in [5.41, 5.74) is -0.580. The Morgan fingerprint density at radius 1 is 1.00 bits per heavy atom. The monoisotopic (exact) mass is 462 g/mol. The molecule has 1 aliphatic rings. The van der Waals surface area contributed by atoms with E-state index < -0.39 is 54.2 Å². The van der Waals surface area contributed by atoms with Crippen LogP contribution in [0.2, 0.25) is 0 Å². The second-order valence-electron chi connectivity index (χ2n) is 7.44. The quantitative estimate of drug-likeness (QED) is 0.302. The molecule has 1 aliphatic heterocycles. The molecule has 0 radical (unpaired) electrons. The summed E-state index contributed by atoms with van der Waals surface area (Å²) in [5, 5.41) is 59.6. The maximum absolute atomic E-state index is 12.7. The van der Waals surface area contributed by atoms with Crippen molar-refractivity contribution in [3.05, 3.63) is 46.6 Å². The fraction of sp³-hybridized carbons (Fsp3) is 0.318. The number of phenols is 2. The standard InChI is InChI=1S/C22H22O11/c1-30-20-12(26)6-10(24)16-11(25)7-14(31-21(16)20)9-4-2-3-5-13(9)32-22-19(29)18(28)17(27)15(8-23)33-22/h2-7,15,17-19,22-24,26-29H,8H2,1H3/t15-,17-,18+,19-,22-/m1/s1. The van der Waals surface area contributed by atoms with Gasteiger partial charge in [-0.15, -0.1) is 0 Å². The van der Waals surface area contributed by atoms with Gasteiger partial charge in [0.1, 0.15) is 47.1 Å². The smallest absolute Gasteiger partial charge is 0.229 e. The van der Waals surface area contributed by atoms with Crippen molar-refractivity contribution in [2.75, 3.05) is 13.7 Å². The van der Waals surface area contributed by atoms with E-state index in [1.165, 1.54) is 13.2 Å². The normalized spacial score (nSPS) is 25.2. The van der Waals surface area contributed by atoms with Crippen LogP contribution in [0.25, 0.3) is 22.3 Å². The molecule has 1 aromatic heterocycles. The molecule has 1 saturated heterocycles. The van der Waals surface area contributed by atoms with E-state index in [-0.39, 0.29) is 33.8 Å². The van der Waals surface area contributed by atoms with Crippen molar-refractivity contribution in [2.24, 2.45) is 0 Å². The zero-order valence-electron chi connectivity index (χ0n) is 17.3. The van der Waals surface area contributed by atoms with Crippen molar-refractivity contribution >= 4 is 11.0 Å². The molecule has 0 bridgehead atoms. The number of ether oxygens (including phenoxy) is 3. The molecule has 0 spiro atoms. The highest BCUT2D eigenvalue weighted by molar-refractivity contribution is 5.91. The Balaban J connectivity index is 1.79. The highest BCUT2D eigenvalue weighted by Crippen LogP contribution is 2.41. The summed E-state index contributed by atoms with van der Waals surface area (Å²) in [5.74, 6) is -1.03. The number of rotatable bonds is 5. The minimum atomic E-state index is -1.64. The summed E-state index contributed by atoms with van der Waals surface area (Å²) in [4.78, 5) is 12.7. The first-order valence-corrected chi connectivity index (χ1v) is 9.90. The Labute approximate surface area is 186 Å². The molecule has 0 saturated carbocycles. The van der Waals surface area contributed by atoms with Gasteiger partial charge in [-0.3, -0.25) is 4.79 Å². The third kappa shape index (κ3) is 3.96. The first kappa shape index (κ1) is 22.8. The summed E-state index contributed by atoms with van der Waals surface area (Å²) in [6.07, 6.45) is -7.47. The summed E-state index contributed by atoms with van der Waals surface area (Å²) < 4.78 is 22.0. The van der Waals surface area contributed by atoms with Gasteiger partial charge in [0.15, 0.2) is 16.8 Å². The van der Waals surface area contributed by atoms with Crippen molar-refractivity contribution in [3.8, 4) is 34.3 Å². The number of methoxy groups -OCH3 is 1. The van der Waals surface area contributed by atoms with Crippen molar-refractivity contribution in [2.45, 2.75) is 30.7 Å². The zero-order chi connectivity index (χ0) is 23.9. The maximum atomic E-state index is 12.7. The summed E-state index contributed by atoms with van der Waals surface area (Å²) in [6.45, 7) is -0.626. The lowest BCUT2D eigenvalue weighted by atomic mass is 9.99. The topological polar surface area (TPSA) is 179 Å². The van der Waals surface area contributed by atoms with E-state index in [1.54, 1.807) is 18.2 Å². The summed E-state index contributed by atoms with van der Waals surface area (Å²) >= 11 is 0. The molecule has 11 heteroatoms. The number of aromatic hydroxyl groups is 2. The molecule has 6 N–H and O–H groups in total. The van der Waals surface area contributed by atoms with Crippen LogP contribution in [-0.2, 0) is 4.74 Å². The minimum absolute atomic E-state index is 0.0176. The summed E-state index contributed by atoms with van der Waals surface area (Å²) in [6, 6.07) is 8.32. The minimum Gasteiger partial charge on any atom is -0.507 e. The third-order valence-corrected chi connectivity index (χ3v) is 5.36. The largest absolute Gasteiger partial charge is 0.507 e. The zero-order valence-corrected chi connectivity index (χ0v) is 17.3. The third-order valence-electron chi connectivity index (χ3n) is 5.36. The van der Waals surface area contributed by atoms with E-state index in [4.69, 9.17) is 18.6 Å². The second-order valence-corrected chi connectivity index (χ2v) is 7.44. The first-order valence-electron chi connectivity index (χ1n) is 9.90. The lowest BCUT2D eigenvalue weighted by Crippen LogP contribution is -2.60. The van der Waals surface area contributed by atoms with Crippen LogP contribution in [0.4, 0.5) is 0 Å². The van der Waals surface area contributed by atoms with Crippen molar-refractivity contribution in [3.63, 3.8) is 0 Å². The van der Waals surface area contributed by atoms with Crippen molar-refractivity contribution < 1.29 is 49.3 Å². The molecule has 0 unspecified atom stereocenters. The highest BCUT2D eigenvalue weighted by atomic mass is 16.7. The van der Waals surface area contributed by atoms with Crippen molar-refractivity contribution in [1.82, 2.24) is 0 Å². The van der Waals surface area contributed by atoms with Crippen LogP contribution in [0.5, 0.6) is 23.0 Å². The van der Waals surface area contributed by atoms with E-state index in [0.29, 0.717) is 0 Å². The molecule has 2 aromatic carbocycles. The highest BCUT2D eigenvalue weighted by Gasteiger charge is 2.45. The van der Waals surface area contributed by atoms with Crippen LogP contribution < -0.4 is 14.9 Å². The number of hydrogen-bond donors (Lipinski definition) is 6. The molecule has 5 atom stereocenters. The molecule has 33 heavy (non-hydrogen) atoms. The first-order chi connectivity index (χ1) is 15.8. The lowest BCUT2D eigenvalue weighted by Gasteiger charge is -2.39. The van der Waals surface area contributed by atoms with Gasteiger partial charge < -0.3 is 49.3 Å². The Morgan fingerprint density at radius 3 is 2.42 bits per heavy atom. The Hall–Kier alpha value is -3.35. The average molecular weight is 462 g/mol. The van der Waals surface area contributed by atoms with Gasteiger partial charge in [-0.25, -0.2) is 0 Å². The van der Waals surface area contributed by atoms with Gasteiger partial charge in [-0.05, 0) is 12.1 Å². The molecule has 3 aromatic rings. The predicted octanol–water partition coefficient (Wildman–Crippen LogP) is 0.0585. The number of phenolic OH excluding ortho intramolecular Hbond substituents is 2. The van der Waals surface area contributed by atoms with Crippen LogP contribution in [0.15, 0.2) is 45.6 Å². The number of aliphatic hydroxyl groups excluding tert-OH is 4. The molecule has 0 amide bonds. The summed E-state index contributed by atoms with van der Waals surface area (Å²) in [7, 11) is 1.26.